The summed E-state index contributed by atoms with van der Waals surface area (Å²) in [5, 5.41) is 2.88. The SMILES string of the molecule is Cc1ccc(S(=O)(=O)n2cc(I)c3cc(-c4cnc(NC(=O)OC(C)(C)C)c(F)c4)cnc32)cc1. The van der Waals surface area contributed by atoms with Gasteiger partial charge in [0.15, 0.2) is 17.3 Å². The van der Waals surface area contributed by atoms with Crippen LogP contribution in [0.1, 0.15) is 26.3 Å². The molecule has 0 radical (unpaired) electrons. The van der Waals surface area contributed by atoms with Gasteiger partial charge in [-0.05, 0) is 74.6 Å². The number of aryl methyl sites for hydroxylation is 1. The Kier molecular flexibility index (Phi) is 6.58. The molecule has 11 heteroatoms. The molecule has 0 saturated carbocycles. The third-order valence-corrected chi connectivity index (χ3v) is 7.46. The minimum absolute atomic E-state index is 0.154. The normalized spacial score (nSPS) is 12.1. The van der Waals surface area contributed by atoms with E-state index in [1.807, 2.05) is 29.5 Å². The van der Waals surface area contributed by atoms with E-state index < -0.39 is 27.5 Å². The molecule has 0 spiro atoms. The van der Waals surface area contributed by atoms with Crippen LogP contribution >= 0.6 is 22.6 Å². The van der Waals surface area contributed by atoms with Crippen LogP contribution in [0, 0.1) is 16.3 Å². The second-order valence-electron chi connectivity index (χ2n) is 8.87. The van der Waals surface area contributed by atoms with Gasteiger partial charge in [0.05, 0.1) is 4.90 Å². The van der Waals surface area contributed by atoms with Gasteiger partial charge >= 0.3 is 6.09 Å². The van der Waals surface area contributed by atoms with E-state index in [1.54, 1.807) is 51.1 Å². The number of anilines is 1. The lowest BCUT2D eigenvalue weighted by atomic mass is 10.1. The van der Waals surface area contributed by atoms with Gasteiger partial charge < -0.3 is 4.74 Å². The van der Waals surface area contributed by atoms with Crippen molar-refractivity contribution in [3.05, 3.63) is 69.9 Å². The molecule has 1 aromatic carbocycles. The largest absolute Gasteiger partial charge is 0.444 e. The number of benzene rings is 1. The fourth-order valence-corrected chi connectivity index (χ4v) is 5.48. The van der Waals surface area contributed by atoms with Crippen LogP contribution in [0.15, 0.2) is 59.9 Å². The van der Waals surface area contributed by atoms with Crippen LogP contribution in [-0.4, -0.2) is 34.1 Å². The van der Waals surface area contributed by atoms with E-state index in [9.17, 15) is 17.6 Å². The van der Waals surface area contributed by atoms with Gasteiger partial charge in [0.1, 0.15) is 5.60 Å². The Morgan fingerprint density at radius 3 is 2.34 bits per heavy atom. The van der Waals surface area contributed by atoms with Crippen molar-refractivity contribution >= 4 is 55.6 Å². The van der Waals surface area contributed by atoms with Gasteiger partial charge in [-0.1, -0.05) is 17.7 Å². The number of rotatable bonds is 4. The van der Waals surface area contributed by atoms with Gasteiger partial charge in [-0.3, -0.25) is 5.32 Å². The van der Waals surface area contributed by atoms with Crippen LogP contribution in [0.25, 0.3) is 22.2 Å². The molecule has 0 bridgehead atoms. The Balaban J connectivity index is 1.67. The average Bonchev–Trinajstić information content (AvgIpc) is 3.11. The summed E-state index contributed by atoms with van der Waals surface area (Å²) in [6.45, 7) is 6.97. The quantitative estimate of drug-likeness (QED) is 0.297. The van der Waals surface area contributed by atoms with Gasteiger partial charge in [0, 0.05) is 38.7 Å². The third-order valence-electron chi connectivity index (χ3n) is 4.93. The number of nitrogens with zero attached hydrogens (tertiary/aromatic N) is 3. The van der Waals surface area contributed by atoms with E-state index in [1.165, 1.54) is 24.7 Å². The van der Waals surface area contributed by atoms with E-state index >= 15 is 0 Å². The Bertz CT molecular complexity index is 1540. The minimum atomic E-state index is -3.85. The van der Waals surface area contributed by atoms with E-state index in [0.717, 1.165) is 9.54 Å². The number of hydrogen-bond acceptors (Lipinski definition) is 6. The Morgan fingerprint density at radius 1 is 1.09 bits per heavy atom. The number of fused-ring (bicyclic) bond motifs is 1. The molecule has 0 saturated heterocycles. The van der Waals surface area contributed by atoms with Crippen molar-refractivity contribution in [2.45, 2.75) is 38.2 Å². The number of amides is 1. The number of ether oxygens (including phenoxy) is 1. The van der Waals surface area contributed by atoms with Crippen molar-refractivity contribution in [2.24, 2.45) is 0 Å². The van der Waals surface area contributed by atoms with Crippen LogP contribution in [-0.2, 0) is 14.8 Å². The highest BCUT2D eigenvalue weighted by atomic mass is 127. The highest BCUT2D eigenvalue weighted by molar-refractivity contribution is 14.1. The smallest absolute Gasteiger partial charge is 0.413 e. The van der Waals surface area contributed by atoms with Crippen LogP contribution < -0.4 is 5.32 Å². The molecule has 4 aromatic rings. The van der Waals surface area contributed by atoms with Crippen molar-refractivity contribution in [3.8, 4) is 11.1 Å². The molecule has 3 heterocycles. The number of carbonyl (C=O) groups excluding carboxylic acids is 1. The van der Waals surface area contributed by atoms with Crippen LogP contribution in [0.5, 0.6) is 0 Å². The lowest BCUT2D eigenvalue weighted by molar-refractivity contribution is 0.0634. The Hall–Kier alpha value is -3.06. The molecule has 0 aliphatic carbocycles. The first-order valence-electron chi connectivity index (χ1n) is 10.5. The molecule has 8 nitrogen and oxygen atoms in total. The van der Waals surface area contributed by atoms with Crippen molar-refractivity contribution in [1.29, 1.82) is 0 Å². The number of carbonyl (C=O) groups is 1. The van der Waals surface area contributed by atoms with Crippen molar-refractivity contribution in [1.82, 2.24) is 13.9 Å². The van der Waals surface area contributed by atoms with E-state index in [2.05, 4.69) is 15.3 Å². The summed E-state index contributed by atoms with van der Waals surface area (Å²) in [5.74, 6) is -1.01. The molecule has 0 aliphatic heterocycles. The maximum absolute atomic E-state index is 14.7. The van der Waals surface area contributed by atoms with Crippen molar-refractivity contribution in [3.63, 3.8) is 0 Å². The molecule has 0 unspecified atom stereocenters. The molecule has 4 rings (SSSR count). The highest BCUT2D eigenvalue weighted by Crippen LogP contribution is 2.30. The summed E-state index contributed by atoms with van der Waals surface area (Å²) >= 11 is 2.04. The maximum Gasteiger partial charge on any atom is 0.413 e. The third kappa shape index (κ3) is 5.30. The van der Waals surface area contributed by atoms with E-state index in [0.29, 0.717) is 20.1 Å². The highest BCUT2D eigenvalue weighted by Gasteiger charge is 2.22. The van der Waals surface area contributed by atoms with E-state index in [-0.39, 0.29) is 16.4 Å². The average molecular weight is 608 g/mol. The second-order valence-corrected chi connectivity index (χ2v) is 11.8. The van der Waals surface area contributed by atoms with Gasteiger partial charge in [0.2, 0.25) is 0 Å². The molecule has 182 valence electrons. The predicted molar refractivity (Wildman–Crippen MR) is 139 cm³/mol. The number of nitrogens with one attached hydrogen (secondary N) is 1. The van der Waals surface area contributed by atoms with Crippen LogP contribution in [0.2, 0.25) is 0 Å². The summed E-state index contributed by atoms with van der Waals surface area (Å²) in [5.41, 5.74) is 1.43. The predicted octanol–water partition coefficient (Wildman–Crippen LogP) is 5.73. The fourth-order valence-electron chi connectivity index (χ4n) is 3.30. The zero-order valence-electron chi connectivity index (χ0n) is 19.3. The van der Waals surface area contributed by atoms with E-state index in [4.69, 9.17) is 4.74 Å². The summed E-state index contributed by atoms with van der Waals surface area (Å²) < 4.78 is 48.0. The maximum atomic E-state index is 14.7. The summed E-state index contributed by atoms with van der Waals surface area (Å²) in [7, 11) is -3.85. The number of halogens is 2. The Labute approximate surface area is 215 Å². The number of aromatic nitrogens is 3. The standard InChI is InChI=1S/C24H22FIN4O4S/c1-14-5-7-17(8-6-14)35(32,33)30-13-20(26)18-9-15(12-28-22(18)30)16-10-19(25)21(27-11-16)29-23(31)34-24(2,3)4/h5-13H,1-4H3,(H,27,29,31). The van der Waals surface area contributed by atoms with Crippen LogP contribution in [0.4, 0.5) is 15.0 Å². The van der Waals surface area contributed by atoms with Gasteiger partial charge in [-0.15, -0.1) is 0 Å². The minimum Gasteiger partial charge on any atom is -0.444 e. The molecule has 3 aromatic heterocycles. The van der Waals surface area contributed by atoms with Gasteiger partial charge in [-0.2, -0.15) is 0 Å². The lowest BCUT2D eigenvalue weighted by Crippen LogP contribution is -2.27. The molecule has 0 fully saturated rings. The molecule has 1 amide bonds. The Morgan fingerprint density at radius 2 is 1.71 bits per heavy atom. The number of hydrogen-bond donors (Lipinski definition) is 1. The first-order chi connectivity index (χ1) is 16.3. The molecular formula is C24H22FIN4O4S. The first-order valence-corrected chi connectivity index (χ1v) is 13.0. The van der Waals surface area contributed by atoms with Gasteiger partial charge in [-0.25, -0.2) is 31.5 Å². The molecule has 35 heavy (non-hydrogen) atoms. The monoisotopic (exact) mass is 608 g/mol. The van der Waals surface area contributed by atoms with Gasteiger partial charge in [0.25, 0.3) is 10.0 Å². The lowest BCUT2D eigenvalue weighted by Gasteiger charge is -2.19. The molecule has 1 N–H and O–H groups in total. The number of pyridine rings is 2. The summed E-state index contributed by atoms with van der Waals surface area (Å²) in [4.78, 5) is 20.4. The van der Waals surface area contributed by atoms with Crippen LogP contribution in [0.3, 0.4) is 0 Å². The fraction of sp³-hybridized carbons (Fsp3) is 0.208. The zero-order valence-corrected chi connectivity index (χ0v) is 22.3. The summed E-state index contributed by atoms with van der Waals surface area (Å²) in [6, 6.07) is 9.52. The summed E-state index contributed by atoms with van der Waals surface area (Å²) in [6.07, 6.45) is 3.54. The molecule has 0 atom stereocenters. The first kappa shape index (κ1) is 25.0. The topological polar surface area (TPSA) is 103 Å². The molecule has 0 aliphatic rings. The van der Waals surface area contributed by atoms with Crippen molar-refractivity contribution < 1.29 is 22.3 Å². The van der Waals surface area contributed by atoms with Crippen molar-refractivity contribution in [2.75, 3.05) is 5.32 Å². The zero-order chi connectivity index (χ0) is 25.5. The molecular weight excluding hydrogens is 586 g/mol. The second kappa shape index (κ2) is 9.19.